The number of nitrogens with zero attached hydrogens (tertiary/aromatic N) is 2. The molecule has 0 bridgehead atoms. The van der Waals surface area contributed by atoms with Crippen molar-refractivity contribution in [2.45, 2.75) is 5.41 Å². The van der Waals surface area contributed by atoms with E-state index in [1.165, 1.54) is 22.3 Å². The average Bonchev–Trinajstić information content (AvgIpc) is 3.21. The van der Waals surface area contributed by atoms with E-state index in [9.17, 15) is 4.91 Å². The molecule has 0 amide bonds. The van der Waals surface area contributed by atoms with Crippen LogP contribution in [0.4, 0.5) is 5.69 Å². The maximum Gasteiger partial charge on any atom is 0.115 e. The van der Waals surface area contributed by atoms with E-state index in [-0.39, 0.29) is 0 Å². The van der Waals surface area contributed by atoms with E-state index in [1.807, 2.05) is 36.7 Å². The molecule has 156 valence electrons. The first-order valence-electron chi connectivity index (χ1n) is 11.0. The molecule has 1 aliphatic carbocycles. The third kappa shape index (κ3) is 2.72. The van der Waals surface area contributed by atoms with E-state index in [2.05, 4.69) is 89.0 Å². The van der Waals surface area contributed by atoms with Crippen LogP contribution in [0.5, 0.6) is 0 Å². The van der Waals surface area contributed by atoms with Gasteiger partial charge in [-0.3, -0.25) is 4.98 Å². The molecular weight excluding hydrogens is 404 g/mol. The Hall–Kier alpha value is -4.37. The zero-order chi connectivity index (χ0) is 22.3. The summed E-state index contributed by atoms with van der Waals surface area (Å²) < 4.78 is 0. The lowest BCUT2D eigenvalue weighted by Crippen LogP contribution is -2.28. The molecule has 0 saturated heterocycles. The Morgan fingerprint density at radius 1 is 0.545 bits per heavy atom. The fourth-order valence-electron chi connectivity index (χ4n) is 5.41. The van der Waals surface area contributed by atoms with Gasteiger partial charge < -0.3 is 0 Å². The topological polar surface area (TPSA) is 42.3 Å². The molecule has 4 aromatic carbocycles. The predicted octanol–water partition coefficient (Wildman–Crippen LogP) is 7.51. The lowest BCUT2D eigenvalue weighted by molar-refractivity contribution is 0.766. The molecule has 1 atom stereocenters. The number of fused-ring (bicyclic) bond motifs is 3. The Morgan fingerprint density at radius 2 is 1.15 bits per heavy atom. The van der Waals surface area contributed by atoms with Crippen LogP contribution in [0.2, 0.25) is 0 Å². The van der Waals surface area contributed by atoms with Crippen LogP contribution in [0.3, 0.4) is 0 Å². The molecule has 3 heteroatoms. The summed E-state index contributed by atoms with van der Waals surface area (Å²) in [4.78, 5) is 16.0. The lowest BCUT2D eigenvalue weighted by Gasteiger charge is -2.33. The number of rotatable bonds is 4. The van der Waals surface area contributed by atoms with E-state index < -0.39 is 5.41 Å². The number of hydrogen-bond acceptors (Lipinski definition) is 3. The van der Waals surface area contributed by atoms with Crippen LogP contribution >= 0.6 is 0 Å². The molecule has 1 unspecified atom stereocenters. The van der Waals surface area contributed by atoms with Gasteiger partial charge >= 0.3 is 0 Å². The molecule has 0 saturated carbocycles. The minimum atomic E-state index is -0.490. The van der Waals surface area contributed by atoms with Gasteiger partial charge in [0.15, 0.2) is 0 Å². The van der Waals surface area contributed by atoms with Gasteiger partial charge in [0, 0.05) is 18.0 Å². The van der Waals surface area contributed by atoms with Crippen LogP contribution in [-0.2, 0) is 5.41 Å². The molecule has 5 aromatic rings. The van der Waals surface area contributed by atoms with Gasteiger partial charge in [0.2, 0.25) is 0 Å². The zero-order valence-corrected chi connectivity index (χ0v) is 17.8. The number of pyridine rings is 1. The molecule has 1 aliphatic rings. The second-order valence-corrected chi connectivity index (χ2v) is 8.23. The lowest BCUT2D eigenvalue weighted by atomic mass is 9.68. The van der Waals surface area contributed by atoms with Crippen molar-refractivity contribution in [1.82, 2.24) is 4.98 Å². The Balaban J connectivity index is 1.79. The van der Waals surface area contributed by atoms with Crippen LogP contribution in [0, 0.1) is 4.91 Å². The van der Waals surface area contributed by atoms with E-state index in [1.54, 1.807) is 6.07 Å². The second-order valence-electron chi connectivity index (χ2n) is 8.23. The molecule has 0 N–H and O–H groups in total. The van der Waals surface area contributed by atoms with Crippen molar-refractivity contribution in [3.05, 3.63) is 149 Å². The van der Waals surface area contributed by atoms with E-state index in [0.717, 1.165) is 22.3 Å². The Kier molecular flexibility index (Phi) is 4.48. The molecule has 0 spiro atoms. The Bertz CT molecular complexity index is 1440. The number of benzene rings is 4. The Morgan fingerprint density at radius 3 is 1.94 bits per heavy atom. The monoisotopic (exact) mass is 424 g/mol. The van der Waals surface area contributed by atoms with Gasteiger partial charge in [-0.05, 0) is 62.3 Å². The van der Waals surface area contributed by atoms with Crippen LogP contribution < -0.4 is 0 Å². The molecule has 0 radical (unpaired) electrons. The first kappa shape index (κ1) is 19.3. The highest BCUT2D eigenvalue weighted by molar-refractivity contribution is 5.97. The second kappa shape index (κ2) is 7.64. The van der Waals surface area contributed by atoms with Crippen molar-refractivity contribution >= 4 is 5.69 Å². The van der Waals surface area contributed by atoms with Crippen molar-refractivity contribution < 1.29 is 0 Å². The number of aromatic nitrogens is 1. The number of nitroso groups, excluding NO2 is 1. The van der Waals surface area contributed by atoms with Gasteiger partial charge in [-0.2, -0.15) is 0 Å². The van der Waals surface area contributed by atoms with Crippen LogP contribution in [0.15, 0.2) is 127 Å². The van der Waals surface area contributed by atoms with E-state index in [4.69, 9.17) is 0 Å². The zero-order valence-electron chi connectivity index (χ0n) is 17.8. The van der Waals surface area contributed by atoms with Crippen molar-refractivity contribution in [3.63, 3.8) is 0 Å². The van der Waals surface area contributed by atoms with Crippen molar-refractivity contribution in [1.29, 1.82) is 0 Å². The maximum atomic E-state index is 11.7. The molecule has 0 aliphatic heterocycles. The molecule has 33 heavy (non-hydrogen) atoms. The van der Waals surface area contributed by atoms with Gasteiger partial charge in [-0.25, -0.2) is 0 Å². The van der Waals surface area contributed by atoms with Crippen molar-refractivity contribution in [3.8, 4) is 22.3 Å². The normalized spacial score (nSPS) is 16.1. The third-order valence-electron chi connectivity index (χ3n) is 6.68. The summed E-state index contributed by atoms with van der Waals surface area (Å²) >= 11 is 0. The smallest absolute Gasteiger partial charge is 0.115 e. The molecule has 6 rings (SSSR count). The minimum absolute atomic E-state index is 0.449. The summed E-state index contributed by atoms with van der Waals surface area (Å²) in [5.41, 5.74) is 8.91. The summed E-state index contributed by atoms with van der Waals surface area (Å²) in [6, 6.07) is 37.4. The van der Waals surface area contributed by atoms with Crippen LogP contribution in [-0.4, -0.2) is 4.98 Å². The molecule has 0 fully saturated rings. The summed E-state index contributed by atoms with van der Waals surface area (Å²) in [6.45, 7) is 0. The predicted molar refractivity (Wildman–Crippen MR) is 132 cm³/mol. The highest BCUT2D eigenvalue weighted by Crippen LogP contribution is 2.58. The highest BCUT2D eigenvalue weighted by atomic mass is 16.3. The summed E-state index contributed by atoms with van der Waals surface area (Å²) in [5.74, 6) is 0. The summed E-state index contributed by atoms with van der Waals surface area (Å²) in [6.07, 6.45) is 3.71. The average molecular weight is 425 g/mol. The van der Waals surface area contributed by atoms with Crippen LogP contribution in [0.25, 0.3) is 22.3 Å². The maximum absolute atomic E-state index is 11.7. The SMILES string of the molecule is O=Nc1ccccc1-c1cccc2c1-c1ccccc1C2(c1ccccc1)c1ccncc1. The molecular formula is C30H20N2O. The largest absolute Gasteiger partial charge is 0.265 e. The summed E-state index contributed by atoms with van der Waals surface area (Å²) in [5, 5.41) is 3.32. The van der Waals surface area contributed by atoms with E-state index in [0.29, 0.717) is 5.69 Å². The third-order valence-corrected chi connectivity index (χ3v) is 6.68. The Labute approximate surface area is 192 Å². The van der Waals surface area contributed by atoms with Crippen molar-refractivity contribution in [2.24, 2.45) is 5.18 Å². The first-order chi connectivity index (χ1) is 16.4. The van der Waals surface area contributed by atoms with Gasteiger partial charge in [0.25, 0.3) is 0 Å². The van der Waals surface area contributed by atoms with Gasteiger partial charge in [-0.1, -0.05) is 91.0 Å². The first-order valence-corrected chi connectivity index (χ1v) is 11.0. The quantitative estimate of drug-likeness (QED) is 0.275. The minimum Gasteiger partial charge on any atom is -0.265 e. The van der Waals surface area contributed by atoms with Gasteiger partial charge in [0.05, 0.1) is 5.41 Å². The van der Waals surface area contributed by atoms with Gasteiger partial charge in [0.1, 0.15) is 5.69 Å². The molecule has 1 heterocycles. The molecule has 3 nitrogen and oxygen atoms in total. The fraction of sp³-hybridized carbons (Fsp3) is 0.0333. The molecule has 1 aromatic heterocycles. The van der Waals surface area contributed by atoms with Crippen LogP contribution in [0.1, 0.15) is 22.3 Å². The number of hydrogen-bond donors (Lipinski definition) is 0. The fourth-order valence-corrected chi connectivity index (χ4v) is 5.41. The standard InChI is InChI=1S/C30H20N2O/c33-32-28-16-7-5-11-23(28)24-13-8-15-27-29(24)25-12-4-6-14-26(25)30(27,21-9-2-1-3-10-21)22-17-19-31-20-18-22/h1-20H. The van der Waals surface area contributed by atoms with Gasteiger partial charge in [-0.15, -0.1) is 4.91 Å². The van der Waals surface area contributed by atoms with Crippen molar-refractivity contribution in [2.75, 3.05) is 0 Å². The summed E-state index contributed by atoms with van der Waals surface area (Å²) in [7, 11) is 0. The highest BCUT2D eigenvalue weighted by Gasteiger charge is 2.46. The van der Waals surface area contributed by atoms with E-state index >= 15 is 0 Å².